The molecule has 0 saturated carbocycles. The SMILES string of the molecule is CCn1c(SCC(=O)NC[C@@H]2CCCO2)nc2sc(C)c(C)c2c1=O. The number of carbonyl (C=O) groups excluding carboxylic acids is 1. The first kappa shape index (κ1) is 18.4. The highest BCUT2D eigenvalue weighted by Crippen LogP contribution is 2.28. The van der Waals surface area contributed by atoms with Crippen LogP contribution in [0.5, 0.6) is 0 Å². The fourth-order valence-electron chi connectivity index (χ4n) is 2.91. The highest BCUT2D eigenvalue weighted by Gasteiger charge is 2.18. The van der Waals surface area contributed by atoms with Crippen molar-refractivity contribution in [2.24, 2.45) is 0 Å². The number of carbonyl (C=O) groups is 1. The number of aromatic nitrogens is 2. The number of nitrogens with one attached hydrogen (secondary N) is 1. The Morgan fingerprint density at radius 3 is 2.96 bits per heavy atom. The predicted molar refractivity (Wildman–Crippen MR) is 102 cm³/mol. The molecule has 0 aromatic carbocycles. The van der Waals surface area contributed by atoms with Crippen LogP contribution in [0.3, 0.4) is 0 Å². The van der Waals surface area contributed by atoms with E-state index >= 15 is 0 Å². The minimum Gasteiger partial charge on any atom is -0.376 e. The van der Waals surface area contributed by atoms with Gasteiger partial charge in [0.25, 0.3) is 5.56 Å². The van der Waals surface area contributed by atoms with Crippen molar-refractivity contribution in [3.05, 3.63) is 20.8 Å². The van der Waals surface area contributed by atoms with Crippen molar-refractivity contribution in [3.63, 3.8) is 0 Å². The summed E-state index contributed by atoms with van der Waals surface area (Å²) >= 11 is 2.84. The summed E-state index contributed by atoms with van der Waals surface area (Å²) in [7, 11) is 0. The second-order valence-corrected chi connectivity index (χ2v) is 8.28. The Hall–Kier alpha value is -1.38. The molecular formula is C17H23N3O3S2. The van der Waals surface area contributed by atoms with Crippen molar-refractivity contribution in [1.82, 2.24) is 14.9 Å². The first-order valence-corrected chi connectivity index (χ1v) is 10.3. The Morgan fingerprint density at radius 2 is 2.28 bits per heavy atom. The predicted octanol–water partition coefficient (Wildman–Crippen LogP) is 2.48. The van der Waals surface area contributed by atoms with Crippen LogP contribution in [0.25, 0.3) is 10.2 Å². The lowest BCUT2D eigenvalue weighted by Crippen LogP contribution is -2.33. The molecule has 1 aliphatic rings. The fourth-order valence-corrected chi connectivity index (χ4v) is 4.88. The van der Waals surface area contributed by atoms with Gasteiger partial charge in [-0.25, -0.2) is 4.98 Å². The maximum absolute atomic E-state index is 12.8. The maximum atomic E-state index is 12.8. The second-order valence-electron chi connectivity index (χ2n) is 6.13. The zero-order chi connectivity index (χ0) is 18.0. The van der Waals surface area contributed by atoms with Gasteiger partial charge in [-0.1, -0.05) is 11.8 Å². The van der Waals surface area contributed by atoms with E-state index in [4.69, 9.17) is 4.74 Å². The molecule has 25 heavy (non-hydrogen) atoms. The fraction of sp³-hybridized carbons (Fsp3) is 0.588. The van der Waals surface area contributed by atoms with Crippen molar-refractivity contribution in [2.75, 3.05) is 18.9 Å². The van der Waals surface area contributed by atoms with Gasteiger partial charge in [-0.05, 0) is 39.2 Å². The topological polar surface area (TPSA) is 73.2 Å². The number of nitrogens with zero attached hydrogens (tertiary/aromatic N) is 2. The minimum atomic E-state index is -0.0592. The summed E-state index contributed by atoms with van der Waals surface area (Å²) in [5.74, 6) is 0.185. The third kappa shape index (κ3) is 3.91. The van der Waals surface area contributed by atoms with Gasteiger partial charge in [0.15, 0.2) is 5.16 Å². The normalized spacial score (nSPS) is 17.3. The molecule has 6 nitrogen and oxygen atoms in total. The molecule has 8 heteroatoms. The standard InChI is InChI=1S/C17H23N3O3S2/c1-4-20-16(22)14-10(2)11(3)25-15(14)19-17(20)24-9-13(21)18-8-12-6-5-7-23-12/h12H,4-9H2,1-3H3,(H,18,21)/t12-/m0/s1. The van der Waals surface area contributed by atoms with E-state index in [9.17, 15) is 9.59 Å². The van der Waals surface area contributed by atoms with Gasteiger partial charge < -0.3 is 10.1 Å². The molecule has 1 amide bonds. The Bertz CT molecular complexity index is 838. The summed E-state index contributed by atoms with van der Waals surface area (Å²) in [6.45, 7) is 7.75. The third-order valence-electron chi connectivity index (χ3n) is 4.45. The minimum absolute atomic E-state index is 0.0170. The molecule has 0 radical (unpaired) electrons. The molecule has 0 spiro atoms. The Balaban J connectivity index is 1.72. The maximum Gasteiger partial charge on any atom is 0.263 e. The molecule has 1 aliphatic heterocycles. The van der Waals surface area contributed by atoms with Crippen molar-refractivity contribution < 1.29 is 9.53 Å². The largest absolute Gasteiger partial charge is 0.376 e. The molecule has 2 aromatic heterocycles. The highest BCUT2D eigenvalue weighted by molar-refractivity contribution is 7.99. The molecule has 136 valence electrons. The van der Waals surface area contributed by atoms with Gasteiger partial charge >= 0.3 is 0 Å². The van der Waals surface area contributed by atoms with E-state index in [0.717, 1.165) is 34.7 Å². The summed E-state index contributed by atoms with van der Waals surface area (Å²) < 4.78 is 7.15. The van der Waals surface area contributed by atoms with E-state index in [2.05, 4.69) is 10.3 Å². The molecule has 0 unspecified atom stereocenters. The number of aryl methyl sites for hydroxylation is 2. The van der Waals surface area contributed by atoms with Gasteiger partial charge in [-0.2, -0.15) is 0 Å². The number of amides is 1. The Labute approximate surface area is 155 Å². The Morgan fingerprint density at radius 1 is 1.48 bits per heavy atom. The van der Waals surface area contributed by atoms with Gasteiger partial charge in [0.2, 0.25) is 5.91 Å². The van der Waals surface area contributed by atoms with Gasteiger partial charge in [-0.15, -0.1) is 11.3 Å². The van der Waals surface area contributed by atoms with Crippen LogP contribution in [0.15, 0.2) is 9.95 Å². The van der Waals surface area contributed by atoms with Crippen molar-refractivity contribution in [3.8, 4) is 0 Å². The quantitative estimate of drug-likeness (QED) is 0.615. The van der Waals surface area contributed by atoms with E-state index in [1.165, 1.54) is 23.1 Å². The van der Waals surface area contributed by atoms with Crippen molar-refractivity contribution >= 4 is 39.2 Å². The van der Waals surface area contributed by atoms with E-state index in [-0.39, 0.29) is 23.3 Å². The van der Waals surface area contributed by atoms with E-state index in [1.807, 2.05) is 20.8 Å². The van der Waals surface area contributed by atoms with Crippen LogP contribution in [-0.2, 0) is 16.1 Å². The number of thiophene rings is 1. The lowest BCUT2D eigenvalue weighted by molar-refractivity contribution is -0.119. The average molecular weight is 382 g/mol. The first-order valence-electron chi connectivity index (χ1n) is 8.53. The number of fused-ring (bicyclic) bond motifs is 1. The number of hydrogen-bond donors (Lipinski definition) is 1. The molecule has 1 N–H and O–H groups in total. The van der Waals surface area contributed by atoms with Crippen LogP contribution >= 0.6 is 23.1 Å². The molecule has 3 rings (SSSR count). The second kappa shape index (κ2) is 7.88. The van der Waals surface area contributed by atoms with Crippen LogP contribution in [0.1, 0.15) is 30.2 Å². The van der Waals surface area contributed by atoms with Gasteiger partial charge in [0, 0.05) is 24.6 Å². The average Bonchev–Trinajstić information content (AvgIpc) is 3.20. The van der Waals surface area contributed by atoms with E-state index in [0.29, 0.717) is 23.6 Å². The van der Waals surface area contributed by atoms with Crippen molar-refractivity contribution in [2.45, 2.75) is 51.4 Å². The zero-order valence-electron chi connectivity index (χ0n) is 14.8. The molecule has 1 saturated heterocycles. The summed E-state index contributed by atoms with van der Waals surface area (Å²) in [5.41, 5.74) is 0.988. The number of ether oxygens (including phenoxy) is 1. The van der Waals surface area contributed by atoms with Crippen LogP contribution < -0.4 is 10.9 Å². The van der Waals surface area contributed by atoms with Gasteiger partial charge in [-0.3, -0.25) is 14.2 Å². The monoisotopic (exact) mass is 381 g/mol. The first-order chi connectivity index (χ1) is 12.0. The zero-order valence-corrected chi connectivity index (χ0v) is 16.4. The summed E-state index contributed by atoms with van der Waals surface area (Å²) in [6.07, 6.45) is 2.19. The molecule has 2 aromatic rings. The van der Waals surface area contributed by atoms with Crippen LogP contribution in [0.4, 0.5) is 0 Å². The molecule has 1 atom stereocenters. The van der Waals surface area contributed by atoms with Gasteiger partial charge in [0.1, 0.15) is 4.83 Å². The van der Waals surface area contributed by atoms with Crippen LogP contribution in [-0.4, -0.2) is 40.5 Å². The van der Waals surface area contributed by atoms with Crippen LogP contribution in [0, 0.1) is 13.8 Å². The molecule has 0 aliphatic carbocycles. The summed E-state index contributed by atoms with van der Waals surface area (Å²) in [6, 6.07) is 0. The molecule has 3 heterocycles. The van der Waals surface area contributed by atoms with Crippen LogP contribution in [0.2, 0.25) is 0 Å². The third-order valence-corrected chi connectivity index (χ3v) is 6.53. The summed E-state index contributed by atoms with van der Waals surface area (Å²) in [5, 5.41) is 4.21. The molecular weight excluding hydrogens is 358 g/mol. The molecule has 0 bridgehead atoms. The van der Waals surface area contributed by atoms with Crippen molar-refractivity contribution in [1.29, 1.82) is 0 Å². The van der Waals surface area contributed by atoms with E-state index in [1.54, 1.807) is 4.57 Å². The van der Waals surface area contributed by atoms with E-state index < -0.39 is 0 Å². The Kier molecular flexibility index (Phi) is 5.81. The van der Waals surface area contributed by atoms with Gasteiger partial charge in [0.05, 0.1) is 17.2 Å². The summed E-state index contributed by atoms with van der Waals surface area (Å²) in [4.78, 5) is 31.3. The smallest absolute Gasteiger partial charge is 0.263 e. The number of rotatable bonds is 6. The highest BCUT2D eigenvalue weighted by atomic mass is 32.2. The molecule has 1 fully saturated rings. The lowest BCUT2D eigenvalue weighted by atomic mass is 10.2. The number of thioether (sulfide) groups is 1. The number of hydrogen-bond acceptors (Lipinski definition) is 6. The lowest BCUT2D eigenvalue weighted by Gasteiger charge is -2.12.